The molecule has 1 N–H and O–H groups in total. The number of benzene rings is 2. The van der Waals surface area contributed by atoms with E-state index >= 15 is 0 Å². The lowest BCUT2D eigenvalue weighted by Crippen LogP contribution is -2.44. The minimum absolute atomic E-state index is 0.250. The molecule has 3 aromatic rings. The zero-order chi connectivity index (χ0) is 24.4. The van der Waals surface area contributed by atoms with Gasteiger partial charge in [-0.15, -0.1) is 0 Å². The van der Waals surface area contributed by atoms with Crippen LogP contribution in [-0.4, -0.2) is 72.0 Å². The first-order valence-corrected chi connectivity index (χ1v) is 12.7. The van der Waals surface area contributed by atoms with E-state index in [1.54, 1.807) is 0 Å². The van der Waals surface area contributed by atoms with Crippen LogP contribution in [0.2, 0.25) is 0 Å². The van der Waals surface area contributed by atoms with Gasteiger partial charge in [0.05, 0.1) is 24.2 Å². The molecule has 2 saturated heterocycles. The average Bonchev–Trinajstić information content (AvgIpc) is 3.43. The van der Waals surface area contributed by atoms with Crippen molar-refractivity contribution in [1.82, 2.24) is 14.5 Å². The highest BCUT2D eigenvalue weighted by Crippen LogP contribution is 2.38. The Labute approximate surface area is 207 Å². The molecule has 1 spiro atoms. The summed E-state index contributed by atoms with van der Waals surface area (Å²) >= 11 is 0. The predicted molar refractivity (Wildman–Crippen MR) is 138 cm³/mol. The third-order valence-corrected chi connectivity index (χ3v) is 8.11. The molecule has 0 aliphatic carbocycles. The maximum Gasteiger partial charge on any atom is 0.290 e. The summed E-state index contributed by atoms with van der Waals surface area (Å²) in [6, 6.07) is 16.0. The van der Waals surface area contributed by atoms with E-state index in [1.807, 2.05) is 0 Å². The molecule has 1 unspecified atom stereocenters. The van der Waals surface area contributed by atoms with Crippen molar-refractivity contribution in [3.05, 3.63) is 59.4 Å². The smallest absolute Gasteiger partial charge is 0.290 e. The number of aryl methyl sites for hydroxylation is 1. The number of fused-ring (bicyclic) bond motifs is 3. The summed E-state index contributed by atoms with van der Waals surface area (Å²) in [6.45, 7) is 8.45. The van der Waals surface area contributed by atoms with Gasteiger partial charge < -0.3 is 24.2 Å². The van der Waals surface area contributed by atoms with Gasteiger partial charge in [-0.3, -0.25) is 4.79 Å². The number of carbonyl (C=O) groups is 1. The first-order chi connectivity index (χ1) is 17.0. The average molecular weight is 477 g/mol. The topological polar surface area (TPSA) is 70.8 Å². The highest BCUT2D eigenvalue weighted by atomic mass is 16.5. The van der Waals surface area contributed by atoms with Gasteiger partial charge in [-0.2, -0.15) is 0 Å². The number of hydrogen-bond acceptors (Lipinski definition) is 5. The van der Waals surface area contributed by atoms with Crippen molar-refractivity contribution < 1.29 is 14.6 Å². The third-order valence-electron chi connectivity index (χ3n) is 8.11. The standard InChI is InChI=1S/C27H34N4O.CH2O2/c1-20-8-9-22-23(29(20)2)10-11-24-26(22)28-25(16-21-6-4-3-5-7-21)31(24)15-14-30-13-12-27(17-30)18-32-19-27;2-1-3/h3-7,10-11,20H,8-9,12-19H2,1-2H3;1H,(H,2,3). The van der Waals surface area contributed by atoms with Gasteiger partial charge in [-0.25, -0.2) is 4.98 Å². The van der Waals surface area contributed by atoms with E-state index in [-0.39, 0.29) is 6.47 Å². The van der Waals surface area contributed by atoms with Crippen LogP contribution in [0.3, 0.4) is 0 Å². The number of aromatic nitrogens is 2. The first-order valence-electron chi connectivity index (χ1n) is 12.7. The fraction of sp³-hybridized carbons (Fsp3) is 0.500. The van der Waals surface area contributed by atoms with Crippen molar-refractivity contribution in [2.75, 3.05) is 44.8 Å². The van der Waals surface area contributed by atoms with Gasteiger partial charge in [0.2, 0.25) is 0 Å². The van der Waals surface area contributed by atoms with E-state index in [0.29, 0.717) is 11.5 Å². The second kappa shape index (κ2) is 9.99. The van der Waals surface area contributed by atoms with Crippen LogP contribution in [-0.2, 0) is 28.9 Å². The molecule has 7 nitrogen and oxygen atoms in total. The SMILES string of the molecule is CC1CCc2c(ccc3c2nc(Cc2ccccc2)n3CCN2CCC3(COC3)C2)N1C.O=CO. The van der Waals surface area contributed by atoms with Gasteiger partial charge in [0.15, 0.2) is 0 Å². The summed E-state index contributed by atoms with van der Waals surface area (Å²) in [5.74, 6) is 1.20. The summed E-state index contributed by atoms with van der Waals surface area (Å²) in [5.41, 5.74) is 7.09. The highest BCUT2D eigenvalue weighted by molar-refractivity contribution is 5.86. The van der Waals surface area contributed by atoms with Crippen LogP contribution in [0, 0.1) is 5.41 Å². The second-order valence-corrected chi connectivity index (χ2v) is 10.4. The molecule has 6 rings (SSSR count). The van der Waals surface area contributed by atoms with Gasteiger partial charge in [0, 0.05) is 55.8 Å². The van der Waals surface area contributed by atoms with E-state index in [0.717, 1.165) is 39.1 Å². The number of likely N-dealkylation sites (tertiary alicyclic amines) is 1. The molecule has 7 heteroatoms. The van der Waals surface area contributed by atoms with Crippen LogP contribution >= 0.6 is 0 Å². The van der Waals surface area contributed by atoms with E-state index < -0.39 is 0 Å². The Hall–Kier alpha value is -2.90. The lowest BCUT2D eigenvalue weighted by atomic mass is 9.85. The second-order valence-electron chi connectivity index (χ2n) is 10.4. The van der Waals surface area contributed by atoms with Crippen LogP contribution < -0.4 is 4.90 Å². The maximum atomic E-state index is 8.36. The number of rotatable bonds is 5. The number of imidazole rings is 1. The Balaban J connectivity index is 0.000000806. The number of anilines is 1. The molecule has 0 bridgehead atoms. The van der Waals surface area contributed by atoms with Gasteiger partial charge in [0.1, 0.15) is 5.82 Å². The largest absolute Gasteiger partial charge is 0.483 e. The quantitative estimate of drug-likeness (QED) is 0.565. The summed E-state index contributed by atoms with van der Waals surface area (Å²) in [7, 11) is 2.23. The molecule has 3 aliphatic rings. The van der Waals surface area contributed by atoms with Gasteiger partial charge in [-0.1, -0.05) is 30.3 Å². The number of carboxylic acid groups (broad SMARTS) is 1. The van der Waals surface area contributed by atoms with E-state index in [9.17, 15) is 0 Å². The van der Waals surface area contributed by atoms with Crippen LogP contribution in [0.5, 0.6) is 0 Å². The molecule has 0 radical (unpaired) electrons. The molecule has 1 atom stereocenters. The normalized spacial score (nSPS) is 20.9. The van der Waals surface area contributed by atoms with E-state index in [1.165, 1.54) is 59.6 Å². The molecule has 2 fully saturated rings. The molecule has 3 aliphatic heterocycles. The summed E-state index contributed by atoms with van der Waals surface area (Å²) < 4.78 is 8.03. The lowest BCUT2D eigenvalue weighted by Gasteiger charge is -2.37. The lowest BCUT2D eigenvalue weighted by molar-refractivity contribution is -0.122. The predicted octanol–water partition coefficient (Wildman–Crippen LogP) is 3.82. The number of ether oxygens (including phenoxy) is 1. The van der Waals surface area contributed by atoms with E-state index in [4.69, 9.17) is 19.6 Å². The Morgan fingerprint density at radius 1 is 1.17 bits per heavy atom. The fourth-order valence-electron chi connectivity index (χ4n) is 5.89. The minimum atomic E-state index is -0.250. The molecular formula is C28H36N4O3. The Bertz CT molecular complexity index is 1170. The fourth-order valence-corrected chi connectivity index (χ4v) is 5.89. The van der Waals surface area contributed by atoms with Crippen molar-refractivity contribution in [2.45, 2.75) is 45.2 Å². The zero-order valence-corrected chi connectivity index (χ0v) is 20.8. The molecule has 4 heterocycles. The molecule has 186 valence electrons. The Morgan fingerprint density at radius 3 is 2.63 bits per heavy atom. The van der Waals surface area contributed by atoms with Crippen molar-refractivity contribution >= 4 is 23.2 Å². The van der Waals surface area contributed by atoms with Gasteiger partial charge in [0.25, 0.3) is 6.47 Å². The van der Waals surface area contributed by atoms with Gasteiger partial charge >= 0.3 is 0 Å². The molecule has 35 heavy (non-hydrogen) atoms. The Kier molecular flexibility index (Phi) is 6.80. The number of hydrogen-bond donors (Lipinski definition) is 1. The molecular weight excluding hydrogens is 440 g/mol. The summed E-state index contributed by atoms with van der Waals surface area (Å²) in [5, 5.41) is 6.89. The number of nitrogens with zero attached hydrogens (tertiary/aromatic N) is 4. The van der Waals surface area contributed by atoms with Crippen molar-refractivity contribution in [1.29, 1.82) is 0 Å². The molecule has 0 saturated carbocycles. The minimum Gasteiger partial charge on any atom is -0.483 e. The monoisotopic (exact) mass is 476 g/mol. The third kappa shape index (κ3) is 4.67. The van der Waals surface area contributed by atoms with Crippen molar-refractivity contribution in [2.24, 2.45) is 5.41 Å². The summed E-state index contributed by atoms with van der Waals surface area (Å²) in [4.78, 5) is 18.7. The van der Waals surface area contributed by atoms with Crippen molar-refractivity contribution in [3.63, 3.8) is 0 Å². The zero-order valence-electron chi connectivity index (χ0n) is 20.8. The molecule has 0 amide bonds. The van der Waals surface area contributed by atoms with Gasteiger partial charge in [-0.05, 0) is 50.4 Å². The maximum absolute atomic E-state index is 8.36. The summed E-state index contributed by atoms with van der Waals surface area (Å²) in [6.07, 6.45) is 4.48. The highest BCUT2D eigenvalue weighted by Gasteiger charge is 2.44. The van der Waals surface area contributed by atoms with Crippen LogP contribution in [0.1, 0.15) is 36.7 Å². The van der Waals surface area contributed by atoms with Crippen LogP contribution in [0.4, 0.5) is 5.69 Å². The van der Waals surface area contributed by atoms with Crippen LogP contribution in [0.15, 0.2) is 42.5 Å². The van der Waals surface area contributed by atoms with E-state index in [2.05, 4.69) is 70.8 Å². The molecule has 1 aromatic heterocycles. The van der Waals surface area contributed by atoms with Crippen molar-refractivity contribution in [3.8, 4) is 0 Å². The molecule has 2 aromatic carbocycles. The van der Waals surface area contributed by atoms with Crippen LogP contribution in [0.25, 0.3) is 11.0 Å². The Morgan fingerprint density at radius 2 is 1.94 bits per heavy atom. The first kappa shape index (κ1) is 23.8.